The summed E-state index contributed by atoms with van der Waals surface area (Å²) in [5.41, 5.74) is 6.38. The molecule has 21 heavy (non-hydrogen) atoms. The second-order valence-electron chi connectivity index (χ2n) is 4.72. The second kappa shape index (κ2) is 5.66. The predicted molar refractivity (Wildman–Crippen MR) is 73.6 cm³/mol. The maximum absolute atomic E-state index is 13.6. The number of alkyl halides is 3. The number of hydrogen-bond donors (Lipinski definition) is 1. The molecule has 0 spiro atoms. The van der Waals surface area contributed by atoms with Gasteiger partial charge in [-0.15, -0.1) is 0 Å². The van der Waals surface area contributed by atoms with Gasteiger partial charge >= 0.3 is 6.18 Å². The number of hydrogen-bond acceptors (Lipinski definition) is 1. The summed E-state index contributed by atoms with van der Waals surface area (Å²) in [6.45, 7) is 1.78. The summed E-state index contributed by atoms with van der Waals surface area (Å²) in [6, 6.07) is 7.01. The molecule has 0 aliphatic heterocycles. The molecular formula is C15H12ClF4N. The first-order valence-electron chi connectivity index (χ1n) is 6.08. The molecule has 1 nitrogen and oxygen atoms in total. The van der Waals surface area contributed by atoms with E-state index in [2.05, 4.69) is 0 Å². The zero-order chi connectivity index (χ0) is 15.8. The molecule has 0 aliphatic carbocycles. The molecule has 0 aliphatic rings. The van der Waals surface area contributed by atoms with Crippen molar-refractivity contribution < 1.29 is 17.6 Å². The van der Waals surface area contributed by atoms with Crippen LogP contribution in [-0.2, 0) is 6.18 Å². The third-order valence-electron chi connectivity index (χ3n) is 3.20. The van der Waals surface area contributed by atoms with Crippen LogP contribution in [0.15, 0.2) is 36.4 Å². The Morgan fingerprint density at radius 2 is 1.62 bits per heavy atom. The van der Waals surface area contributed by atoms with Crippen LogP contribution in [-0.4, -0.2) is 0 Å². The van der Waals surface area contributed by atoms with Crippen LogP contribution in [0.25, 0.3) is 0 Å². The van der Waals surface area contributed by atoms with E-state index in [1.54, 1.807) is 25.1 Å². The Morgan fingerprint density at radius 1 is 1.05 bits per heavy atom. The molecule has 6 heteroatoms. The summed E-state index contributed by atoms with van der Waals surface area (Å²) in [4.78, 5) is 0. The fraction of sp³-hybridized carbons (Fsp3) is 0.200. The number of halogens is 5. The smallest absolute Gasteiger partial charge is 0.320 e. The van der Waals surface area contributed by atoms with E-state index >= 15 is 0 Å². The molecule has 2 N–H and O–H groups in total. The lowest BCUT2D eigenvalue weighted by Crippen LogP contribution is -2.14. The summed E-state index contributed by atoms with van der Waals surface area (Å²) in [7, 11) is 0. The maximum Gasteiger partial charge on any atom is 0.419 e. The molecule has 2 aromatic rings. The summed E-state index contributed by atoms with van der Waals surface area (Å²) < 4.78 is 51.1. The highest BCUT2D eigenvalue weighted by Crippen LogP contribution is 2.33. The van der Waals surface area contributed by atoms with Crippen molar-refractivity contribution in [3.63, 3.8) is 0 Å². The van der Waals surface area contributed by atoms with Gasteiger partial charge in [0.15, 0.2) is 0 Å². The van der Waals surface area contributed by atoms with E-state index in [9.17, 15) is 17.6 Å². The molecule has 2 aromatic carbocycles. The highest BCUT2D eigenvalue weighted by molar-refractivity contribution is 6.31. The molecule has 0 radical (unpaired) electrons. The van der Waals surface area contributed by atoms with Crippen molar-refractivity contribution >= 4 is 11.6 Å². The monoisotopic (exact) mass is 317 g/mol. The Labute approximate surface area is 124 Å². The lowest BCUT2D eigenvalue weighted by molar-refractivity contribution is -0.140. The summed E-state index contributed by atoms with van der Waals surface area (Å²) in [5, 5.41) is 0.560. The van der Waals surface area contributed by atoms with Crippen molar-refractivity contribution in [3.05, 3.63) is 69.5 Å². The topological polar surface area (TPSA) is 26.0 Å². The third-order valence-corrected chi connectivity index (χ3v) is 3.62. The number of nitrogens with two attached hydrogens (primary N) is 1. The van der Waals surface area contributed by atoms with Gasteiger partial charge < -0.3 is 5.73 Å². The van der Waals surface area contributed by atoms with Gasteiger partial charge in [0, 0.05) is 5.02 Å². The van der Waals surface area contributed by atoms with Crippen LogP contribution in [0.3, 0.4) is 0 Å². The molecule has 1 atom stereocenters. The van der Waals surface area contributed by atoms with Crippen LogP contribution >= 0.6 is 11.6 Å². The van der Waals surface area contributed by atoms with Crippen molar-refractivity contribution in [3.8, 4) is 0 Å². The molecule has 0 heterocycles. The Bertz CT molecular complexity index is 667. The van der Waals surface area contributed by atoms with Crippen molar-refractivity contribution in [2.45, 2.75) is 19.1 Å². The molecule has 1 unspecified atom stereocenters. The predicted octanol–water partition coefficient (Wildman–Crippen LogP) is 4.85. The highest BCUT2D eigenvalue weighted by atomic mass is 35.5. The normalized spacial score (nSPS) is 13.3. The molecule has 0 aromatic heterocycles. The minimum Gasteiger partial charge on any atom is -0.320 e. The van der Waals surface area contributed by atoms with Gasteiger partial charge in [0.1, 0.15) is 5.82 Å². The van der Waals surface area contributed by atoms with Crippen LogP contribution in [0.5, 0.6) is 0 Å². The van der Waals surface area contributed by atoms with Gasteiger partial charge in [0.05, 0.1) is 11.6 Å². The molecule has 112 valence electrons. The Hall–Kier alpha value is -1.59. The van der Waals surface area contributed by atoms with Crippen LogP contribution in [0, 0.1) is 12.7 Å². The third kappa shape index (κ3) is 3.36. The largest absolute Gasteiger partial charge is 0.419 e. The number of benzene rings is 2. The molecule has 0 amide bonds. The van der Waals surface area contributed by atoms with Crippen molar-refractivity contribution in [2.75, 3.05) is 0 Å². The summed E-state index contributed by atoms with van der Waals surface area (Å²) in [6.07, 6.45) is -4.72. The standard InChI is InChI=1S/C15H12ClF4N/c1-8-6-9(3-5-12(8)16)14(21)10-2-4-11(13(17)7-10)15(18,19)20/h2-7,14H,21H2,1H3. The highest BCUT2D eigenvalue weighted by Gasteiger charge is 2.34. The fourth-order valence-electron chi connectivity index (χ4n) is 2.01. The Morgan fingerprint density at radius 3 is 2.14 bits per heavy atom. The first-order chi connectivity index (χ1) is 9.70. The summed E-state index contributed by atoms with van der Waals surface area (Å²) >= 11 is 5.90. The van der Waals surface area contributed by atoms with Gasteiger partial charge in [-0.05, 0) is 41.8 Å². The van der Waals surface area contributed by atoms with Gasteiger partial charge in [0.2, 0.25) is 0 Å². The first kappa shape index (κ1) is 15.8. The maximum atomic E-state index is 13.6. The van der Waals surface area contributed by atoms with Crippen LogP contribution < -0.4 is 5.73 Å². The molecule has 0 saturated heterocycles. The van der Waals surface area contributed by atoms with E-state index in [1.807, 2.05) is 0 Å². The van der Waals surface area contributed by atoms with E-state index in [-0.39, 0.29) is 5.56 Å². The van der Waals surface area contributed by atoms with Crippen LogP contribution in [0.4, 0.5) is 17.6 Å². The molecule has 0 bridgehead atoms. The first-order valence-corrected chi connectivity index (χ1v) is 6.46. The average molecular weight is 318 g/mol. The van der Waals surface area contributed by atoms with Gasteiger partial charge in [-0.3, -0.25) is 0 Å². The van der Waals surface area contributed by atoms with Gasteiger partial charge in [-0.25, -0.2) is 4.39 Å². The molecule has 0 saturated carbocycles. The zero-order valence-corrected chi connectivity index (χ0v) is 11.8. The lowest BCUT2D eigenvalue weighted by atomic mass is 9.97. The number of aryl methyl sites for hydroxylation is 1. The Balaban J connectivity index is 2.38. The van der Waals surface area contributed by atoms with Gasteiger partial charge in [0.25, 0.3) is 0 Å². The summed E-state index contributed by atoms with van der Waals surface area (Å²) in [5.74, 6) is -1.33. The van der Waals surface area contributed by atoms with Gasteiger partial charge in [-0.1, -0.05) is 29.8 Å². The SMILES string of the molecule is Cc1cc(C(N)c2ccc(C(F)(F)F)c(F)c2)ccc1Cl. The number of rotatable bonds is 2. The Kier molecular flexibility index (Phi) is 4.25. The van der Waals surface area contributed by atoms with E-state index in [0.29, 0.717) is 16.7 Å². The minimum absolute atomic E-state index is 0.266. The minimum atomic E-state index is -4.72. The van der Waals surface area contributed by atoms with Crippen LogP contribution in [0.1, 0.15) is 28.3 Å². The van der Waals surface area contributed by atoms with Crippen LogP contribution in [0.2, 0.25) is 5.02 Å². The van der Waals surface area contributed by atoms with Crippen molar-refractivity contribution in [2.24, 2.45) is 5.73 Å². The lowest BCUT2D eigenvalue weighted by Gasteiger charge is -2.15. The average Bonchev–Trinajstić information content (AvgIpc) is 2.39. The van der Waals surface area contributed by atoms with E-state index in [4.69, 9.17) is 17.3 Å². The van der Waals surface area contributed by atoms with E-state index in [1.165, 1.54) is 6.07 Å². The van der Waals surface area contributed by atoms with Gasteiger partial charge in [-0.2, -0.15) is 13.2 Å². The quantitative estimate of drug-likeness (QED) is 0.787. The molecule has 2 rings (SSSR count). The zero-order valence-electron chi connectivity index (χ0n) is 11.0. The van der Waals surface area contributed by atoms with Crippen molar-refractivity contribution in [1.29, 1.82) is 0 Å². The van der Waals surface area contributed by atoms with E-state index < -0.39 is 23.6 Å². The molecule has 0 fully saturated rings. The fourth-order valence-corrected chi connectivity index (χ4v) is 2.13. The molecular weight excluding hydrogens is 306 g/mol. The van der Waals surface area contributed by atoms with Crippen molar-refractivity contribution in [1.82, 2.24) is 0 Å². The second-order valence-corrected chi connectivity index (χ2v) is 5.13. The van der Waals surface area contributed by atoms with E-state index in [0.717, 1.165) is 11.6 Å².